The number of carboxylic acids is 1. The Bertz CT molecular complexity index is 2000. The lowest BCUT2D eigenvalue weighted by atomic mass is 10.0. The summed E-state index contributed by atoms with van der Waals surface area (Å²) in [7, 11) is 0. The number of carboxylic acid groups (broad SMARTS) is 1. The first kappa shape index (κ1) is 47.6. The molecule has 1 aliphatic rings. The Labute approximate surface area is 357 Å². The number of carbonyl (C=O) groups is 6. The van der Waals surface area contributed by atoms with Gasteiger partial charge >= 0.3 is 0 Å². The van der Waals surface area contributed by atoms with E-state index in [0.29, 0.717) is 38.8 Å². The highest BCUT2D eigenvalue weighted by Gasteiger charge is 2.34. The fourth-order valence-corrected chi connectivity index (χ4v) is 7.00. The highest BCUT2D eigenvalue weighted by molar-refractivity contribution is 5.96. The Morgan fingerprint density at radius 3 is 2.00 bits per heavy atom. The number of H-pyrrole nitrogens is 1. The van der Waals surface area contributed by atoms with E-state index in [1.807, 2.05) is 84.9 Å². The van der Waals surface area contributed by atoms with Crippen LogP contribution in [-0.4, -0.2) is 89.0 Å². The Hall–Kier alpha value is -6.06. The van der Waals surface area contributed by atoms with Crippen LogP contribution >= 0.6 is 0 Å². The van der Waals surface area contributed by atoms with Gasteiger partial charge in [-0.25, -0.2) is 0 Å². The number of amides is 5. The predicted octanol–water partition coefficient (Wildman–Crippen LogP) is 3.80. The summed E-state index contributed by atoms with van der Waals surface area (Å²) < 4.78 is 6.12. The van der Waals surface area contributed by atoms with E-state index >= 15 is 0 Å². The van der Waals surface area contributed by atoms with E-state index in [2.05, 4.69) is 31.6 Å². The van der Waals surface area contributed by atoms with Crippen LogP contribution in [0.25, 0.3) is 10.9 Å². The quantitative estimate of drug-likeness (QED) is 0.0969. The van der Waals surface area contributed by atoms with Crippen molar-refractivity contribution >= 4 is 46.4 Å². The van der Waals surface area contributed by atoms with Crippen molar-refractivity contribution in [3.05, 3.63) is 108 Å². The van der Waals surface area contributed by atoms with Gasteiger partial charge in [0.15, 0.2) is 0 Å². The number of nitrogens with one attached hydrogen (secondary N) is 6. The maximum absolute atomic E-state index is 14.4. The molecule has 1 saturated heterocycles. The maximum Gasteiger partial charge on any atom is 0.300 e. The third kappa shape index (κ3) is 16.5. The molecule has 15 heteroatoms. The van der Waals surface area contributed by atoms with Gasteiger partial charge in [-0.3, -0.25) is 28.8 Å². The number of ether oxygens (including phenoxy) is 1. The maximum atomic E-state index is 14.4. The molecule has 0 bridgehead atoms. The third-order valence-corrected chi connectivity index (χ3v) is 10.3. The first-order valence-electron chi connectivity index (χ1n) is 21.1. The van der Waals surface area contributed by atoms with Crippen LogP contribution in [0.5, 0.6) is 0 Å². The second-order valence-electron chi connectivity index (χ2n) is 15.2. The molecule has 1 unspecified atom stereocenters. The molecule has 15 nitrogen and oxygen atoms in total. The van der Waals surface area contributed by atoms with Crippen LogP contribution in [0.15, 0.2) is 91.1 Å². The van der Waals surface area contributed by atoms with Gasteiger partial charge in [-0.1, -0.05) is 91.7 Å². The standard InChI is InChI=1S/C44H57N7O6.C2H4O2/c1-30(57-29-32-18-8-5-9-19-32)40-44(56)46-25-15-3-2-10-23-39(52)48-37(26-31-16-6-4-7-17-31)42(54)50-38(27-33-28-47-35-21-12-11-20-34(33)35)43(55)49-36(41(53)51-40)22-13-14-24-45;1-2(3)4/h4-9,11-12,16-21,28,30,36-38,40,47H,2-3,10,13-15,22-27,29,45H2,1H3,(H,46,56)(H,48,52)(H,49,55)(H,50,54)(H,51,53);1H3,(H,3,4)/t30-,36?,37+,38-,40+;/m1./s1. The van der Waals surface area contributed by atoms with E-state index in [0.717, 1.165) is 47.4 Å². The van der Waals surface area contributed by atoms with Gasteiger partial charge in [-0.15, -0.1) is 0 Å². The molecule has 3 aromatic carbocycles. The zero-order valence-electron chi connectivity index (χ0n) is 35.1. The van der Waals surface area contributed by atoms with E-state index < -0.39 is 59.9 Å². The van der Waals surface area contributed by atoms with Crippen molar-refractivity contribution in [2.75, 3.05) is 13.1 Å². The molecule has 4 aromatic rings. The van der Waals surface area contributed by atoms with E-state index in [1.54, 1.807) is 13.1 Å². The Morgan fingerprint density at radius 1 is 0.721 bits per heavy atom. The number of aliphatic carboxylic acids is 1. The number of hydrogen-bond acceptors (Lipinski definition) is 8. The molecular weight excluding hydrogens is 779 g/mol. The van der Waals surface area contributed by atoms with Gasteiger partial charge in [0, 0.05) is 49.8 Å². The number of aromatic nitrogens is 1. The number of nitrogens with two attached hydrogens (primary N) is 1. The molecule has 0 radical (unpaired) electrons. The summed E-state index contributed by atoms with van der Waals surface area (Å²) in [6.45, 7) is 3.81. The summed E-state index contributed by atoms with van der Waals surface area (Å²) in [4.78, 5) is 82.0. The van der Waals surface area contributed by atoms with Gasteiger partial charge in [0.2, 0.25) is 29.5 Å². The molecule has 5 amide bonds. The molecule has 1 aliphatic heterocycles. The lowest BCUT2D eigenvalue weighted by molar-refractivity contribution is -0.136. The van der Waals surface area contributed by atoms with Crippen LogP contribution in [0, 0.1) is 0 Å². The Kier molecular flexibility index (Phi) is 19.9. The monoisotopic (exact) mass is 839 g/mol. The molecule has 1 aromatic heterocycles. The van der Waals surface area contributed by atoms with Crippen LogP contribution < -0.4 is 32.3 Å². The molecule has 61 heavy (non-hydrogen) atoms. The van der Waals surface area contributed by atoms with Crippen molar-refractivity contribution in [2.24, 2.45) is 5.73 Å². The van der Waals surface area contributed by atoms with Crippen LogP contribution in [0.4, 0.5) is 0 Å². The van der Waals surface area contributed by atoms with Crippen molar-refractivity contribution in [1.29, 1.82) is 0 Å². The van der Waals surface area contributed by atoms with Crippen molar-refractivity contribution in [1.82, 2.24) is 31.6 Å². The van der Waals surface area contributed by atoms with Gasteiger partial charge < -0.3 is 47.1 Å². The summed E-state index contributed by atoms with van der Waals surface area (Å²) in [6, 6.07) is 22.4. The fraction of sp³-hybridized carbons (Fsp3) is 0.435. The minimum absolute atomic E-state index is 0.0973. The average Bonchev–Trinajstić information content (AvgIpc) is 3.66. The molecular formula is C46H61N7O8. The topological polar surface area (TPSA) is 234 Å². The second kappa shape index (κ2) is 25.5. The molecule has 0 saturated carbocycles. The molecule has 328 valence electrons. The molecule has 9 N–H and O–H groups in total. The molecule has 2 heterocycles. The summed E-state index contributed by atoms with van der Waals surface area (Å²) in [5, 5.41) is 22.9. The summed E-state index contributed by atoms with van der Waals surface area (Å²) >= 11 is 0. The number of para-hydroxylation sites is 1. The Morgan fingerprint density at radius 2 is 1.31 bits per heavy atom. The van der Waals surface area contributed by atoms with Gasteiger partial charge in [0.05, 0.1) is 12.7 Å². The number of aromatic amines is 1. The minimum Gasteiger partial charge on any atom is -0.481 e. The van der Waals surface area contributed by atoms with Crippen LogP contribution in [0.2, 0.25) is 0 Å². The first-order valence-corrected chi connectivity index (χ1v) is 21.1. The largest absolute Gasteiger partial charge is 0.481 e. The molecule has 5 atom stereocenters. The van der Waals surface area contributed by atoms with Gasteiger partial charge in [0.25, 0.3) is 5.97 Å². The number of carbonyl (C=O) groups excluding carboxylic acids is 5. The second-order valence-corrected chi connectivity index (χ2v) is 15.2. The highest BCUT2D eigenvalue weighted by atomic mass is 16.5. The van der Waals surface area contributed by atoms with Gasteiger partial charge in [-0.2, -0.15) is 0 Å². The molecule has 5 rings (SSSR count). The predicted molar refractivity (Wildman–Crippen MR) is 233 cm³/mol. The van der Waals surface area contributed by atoms with Crippen LogP contribution in [0.1, 0.15) is 81.9 Å². The number of fused-ring (bicyclic) bond motifs is 1. The fourth-order valence-electron chi connectivity index (χ4n) is 7.00. The number of benzene rings is 3. The average molecular weight is 840 g/mol. The zero-order chi connectivity index (χ0) is 44.0. The van der Waals surface area contributed by atoms with E-state index in [4.69, 9.17) is 20.4 Å². The zero-order valence-corrected chi connectivity index (χ0v) is 35.1. The summed E-state index contributed by atoms with van der Waals surface area (Å²) in [6.07, 6.45) is 5.76. The minimum atomic E-state index is -1.13. The third-order valence-electron chi connectivity index (χ3n) is 10.3. The normalized spacial score (nSPS) is 20.4. The highest BCUT2D eigenvalue weighted by Crippen LogP contribution is 2.20. The molecule has 1 fully saturated rings. The van der Waals surface area contributed by atoms with Crippen LogP contribution in [-0.2, 0) is 53.0 Å². The SMILES string of the molecule is CC(=O)O.C[C@@H](OCc1ccccc1)[C@@H]1NC(=O)C(CCCCN)NC(=O)[C@@H](Cc2c[nH]c3ccccc23)NC(=O)[C@H](Cc2ccccc2)NC(=O)CCCCCCNC1=O. The lowest BCUT2D eigenvalue weighted by Crippen LogP contribution is -2.60. The van der Waals surface area contributed by atoms with Gasteiger partial charge in [0.1, 0.15) is 24.2 Å². The number of hydrogen-bond donors (Lipinski definition) is 8. The lowest BCUT2D eigenvalue weighted by Gasteiger charge is -2.29. The van der Waals surface area contributed by atoms with E-state index in [-0.39, 0.29) is 38.2 Å². The van der Waals surface area contributed by atoms with Crippen LogP contribution in [0.3, 0.4) is 0 Å². The Balaban J connectivity index is 0.00000196. The van der Waals surface area contributed by atoms with Gasteiger partial charge in [-0.05, 0) is 68.3 Å². The van der Waals surface area contributed by atoms with Crippen molar-refractivity contribution in [3.63, 3.8) is 0 Å². The summed E-state index contributed by atoms with van der Waals surface area (Å²) in [5.41, 5.74) is 9.23. The van der Waals surface area contributed by atoms with Crippen molar-refractivity contribution < 1.29 is 38.6 Å². The number of unbranched alkanes of at least 4 members (excludes halogenated alkanes) is 1. The smallest absolute Gasteiger partial charge is 0.300 e. The van der Waals surface area contributed by atoms with Crippen molar-refractivity contribution in [3.8, 4) is 0 Å². The first-order chi connectivity index (χ1) is 29.4. The molecule has 0 aliphatic carbocycles. The number of rotatable bonds is 12. The summed E-state index contributed by atoms with van der Waals surface area (Å²) in [5.74, 6) is -3.17. The van der Waals surface area contributed by atoms with E-state index in [9.17, 15) is 24.0 Å². The molecule has 0 spiro atoms. The van der Waals surface area contributed by atoms with E-state index in [1.165, 1.54) is 0 Å². The van der Waals surface area contributed by atoms with Crippen molar-refractivity contribution in [2.45, 2.75) is 115 Å².